The van der Waals surface area contributed by atoms with Gasteiger partial charge in [-0.1, -0.05) is 25.2 Å². The van der Waals surface area contributed by atoms with Gasteiger partial charge in [0.2, 0.25) is 0 Å². The molecule has 0 aliphatic carbocycles. The van der Waals surface area contributed by atoms with Crippen molar-refractivity contribution >= 4 is 45.0 Å². The third kappa shape index (κ3) is 5.24. The van der Waals surface area contributed by atoms with Crippen LogP contribution in [0.2, 0.25) is 0 Å². The molecule has 0 bridgehead atoms. The van der Waals surface area contributed by atoms with Gasteiger partial charge in [-0.3, -0.25) is 9.69 Å². The lowest BCUT2D eigenvalue weighted by atomic mass is 10.2. The average Bonchev–Trinajstić information content (AvgIpc) is 3.13. The molecule has 162 valence electrons. The molecule has 0 aliphatic heterocycles. The number of thiazole rings is 1. The number of anilines is 1. The highest BCUT2D eigenvalue weighted by Crippen LogP contribution is 2.32. The number of fused-ring (bicyclic) bond motifs is 1. The summed E-state index contributed by atoms with van der Waals surface area (Å²) in [6, 6.07) is 8.45. The molecule has 1 amide bonds. The normalized spacial score (nSPS) is 10.9. The summed E-state index contributed by atoms with van der Waals surface area (Å²) < 4.78 is 33.7. The Morgan fingerprint density at radius 1 is 1.10 bits per heavy atom. The van der Waals surface area contributed by atoms with Crippen molar-refractivity contribution in [3.05, 3.63) is 53.6 Å². The summed E-state index contributed by atoms with van der Waals surface area (Å²) in [6.07, 6.45) is 0. The molecule has 0 N–H and O–H groups in total. The first kappa shape index (κ1) is 24.0. The van der Waals surface area contributed by atoms with E-state index in [0.717, 1.165) is 35.4 Å². The van der Waals surface area contributed by atoms with Crippen molar-refractivity contribution in [2.24, 2.45) is 0 Å². The number of carbonyl (C=O) groups excluding carboxylic acids is 1. The van der Waals surface area contributed by atoms with Crippen LogP contribution in [0.1, 0.15) is 24.2 Å². The van der Waals surface area contributed by atoms with Gasteiger partial charge in [0, 0.05) is 19.2 Å². The average molecular weight is 456 g/mol. The smallest absolute Gasteiger partial charge is 0.263 e. The molecular weight excluding hydrogens is 432 g/mol. The molecule has 0 radical (unpaired) electrons. The molecule has 1 aromatic heterocycles. The van der Waals surface area contributed by atoms with Crippen LogP contribution < -0.4 is 9.64 Å². The molecule has 1 heterocycles. The molecule has 9 heteroatoms. The fourth-order valence-corrected chi connectivity index (χ4v) is 4.03. The summed E-state index contributed by atoms with van der Waals surface area (Å²) in [5, 5.41) is 0.467. The van der Waals surface area contributed by atoms with Crippen LogP contribution in [0.4, 0.5) is 13.9 Å². The Kier molecular flexibility index (Phi) is 8.52. The Morgan fingerprint density at radius 2 is 1.83 bits per heavy atom. The van der Waals surface area contributed by atoms with Crippen molar-refractivity contribution in [3.63, 3.8) is 0 Å². The predicted molar refractivity (Wildman–Crippen MR) is 119 cm³/mol. The van der Waals surface area contributed by atoms with Gasteiger partial charge in [0.25, 0.3) is 5.91 Å². The second kappa shape index (κ2) is 10.7. The zero-order chi connectivity index (χ0) is 21.0. The number of halogens is 3. The Labute approximate surface area is 184 Å². The van der Waals surface area contributed by atoms with Crippen molar-refractivity contribution in [3.8, 4) is 5.75 Å². The second-order valence-corrected chi connectivity index (χ2v) is 7.45. The molecule has 3 aromatic rings. The highest BCUT2D eigenvalue weighted by molar-refractivity contribution is 7.22. The minimum absolute atomic E-state index is 0. The number of benzene rings is 2. The number of carbonyl (C=O) groups is 1. The zero-order valence-corrected chi connectivity index (χ0v) is 18.7. The minimum atomic E-state index is -0.884. The molecule has 5 nitrogen and oxygen atoms in total. The van der Waals surface area contributed by atoms with Gasteiger partial charge < -0.3 is 9.64 Å². The van der Waals surface area contributed by atoms with Crippen molar-refractivity contribution in [1.82, 2.24) is 9.88 Å². The van der Waals surface area contributed by atoms with Gasteiger partial charge in [-0.05, 0) is 43.4 Å². The Hall–Kier alpha value is -2.29. The van der Waals surface area contributed by atoms with Crippen LogP contribution in [-0.2, 0) is 0 Å². The summed E-state index contributed by atoms with van der Waals surface area (Å²) in [5.41, 5.74) is 0.550. The highest BCUT2D eigenvalue weighted by Gasteiger charge is 2.24. The van der Waals surface area contributed by atoms with E-state index in [9.17, 15) is 13.6 Å². The molecule has 0 aliphatic rings. The number of hydrogen-bond acceptors (Lipinski definition) is 5. The van der Waals surface area contributed by atoms with Crippen molar-refractivity contribution in [2.75, 3.05) is 38.2 Å². The summed E-state index contributed by atoms with van der Waals surface area (Å²) in [5.74, 6) is -1.45. The molecular formula is C21H24ClF2N3O2S. The number of likely N-dealkylation sites (N-methyl/N-ethyl adjacent to an activating group) is 1. The van der Waals surface area contributed by atoms with Crippen molar-refractivity contribution < 1.29 is 18.3 Å². The van der Waals surface area contributed by atoms with E-state index in [0.29, 0.717) is 24.0 Å². The van der Waals surface area contributed by atoms with E-state index < -0.39 is 17.5 Å². The first-order chi connectivity index (χ1) is 14.0. The maximum Gasteiger partial charge on any atom is 0.263 e. The van der Waals surface area contributed by atoms with Crippen LogP contribution in [0, 0.1) is 11.6 Å². The SMILES string of the molecule is CCN(CC)CCN(C(=O)c1ccc(F)cc1F)c1nc2ccc(OC)cc2s1.Cl. The maximum absolute atomic E-state index is 14.3. The molecule has 0 atom stereocenters. The van der Waals surface area contributed by atoms with E-state index in [1.54, 1.807) is 13.2 Å². The van der Waals surface area contributed by atoms with Gasteiger partial charge in [0.1, 0.15) is 17.4 Å². The van der Waals surface area contributed by atoms with Crippen LogP contribution >= 0.6 is 23.7 Å². The fraction of sp³-hybridized carbons (Fsp3) is 0.333. The third-order valence-electron chi connectivity index (χ3n) is 4.76. The lowest BCUT2D eigenvalue weighted by Crippen LogP contribution is -2.39. The van der Waals surface area contributed by atoms with Gasteiger partial charge in [-0.2, -0.15) is 0 Å². The lowest BCUT2D eigenvalue weighted by molar-refractivity contribution is 0.0980. The minimum Gasteiger partial charge on any atom is -0.497 e. The molecule has 0 unspecified atom stereocenters. The van der Waals surface area contributed by atoms with Crippen molar-refractivity contribution in [2.45, 2.75) is 13.8 Å². The molecule has 0 saturated heterocycles. The monoisotopic (exact) mass is 455 g/mol. The van der Waals surface area contributed by atoms with E-state index in [1.807, 2.05) is 26.0 Å². The standard InChI is InChI=1S/C21H23F2N3O2S.ClH/c1-4-25(5-2)10-11-26(20(27)16-8-6-14(22)12-17(16)23)21-24-18-9-7-15(28-3)13-19(18)29-21;/h6-9,12-13H,4-5,10-11H2,1-3H3;1H. The summed E-state index contributed by atoms with van der Waals surface area (Å²) in [6.45, 7) is 6.70. The summed E-state index contributed by atoms with van der Waals surface area (Å²) >= 11 is 1.33. The number of methoxy groups -OCH3 is 1. The van der Waals surface area contributed by atoms with Gasteiger partial charge in [-0.25, -0.2) is 13.8 Å². The molecule has 30 heavy (non-hydrogen) atoms. The van der Waals surface area contributed by atoms with E-state index >= 15 is 0 Å². The molecule has 2 aromatic carbocycles. The summed E-state index contributed by atoms with van der Waals surface area (Å²) in [7, 11) is 1.58. The number of amides is 1. The quantitative estimate of drug-likeness (QED) is 0.480. The maximum atomic E-state index is 14.3. The highest BCUT2D eigenvalue weighted by atomic mass is 35.5. The van der Waals surface area contributed by atoms with Crippen LogP contribution in [0.5, 0.6) is 5.75 Å². The Balaban J connectivity index is 0.00000320. The number of rotatable bonds is 8. The van der Waals surface area contributed by atoms with E-state index in [-0.39, 0.29) is 18.0 Å². The van der Waals surface area contributed by atoms with E-state index in [2.05, 4.69) is 9.88 Å². The second-order valence-electron chi connectivity index (χ2n) is 6.44. The lowest BCUT2D eigenvalue weighted by Gasteiger charge is -2.24. The van der Waals surface area contributed by atoms with Gasteiger partial charge >= 0.3 is 0 Å². The number of ether oxygens (including phenoxy) is 1. The van der Waals surface area contributed by atoms with Gasteiger partial charge in [0.15, 0.2) is 5.13 Å². The van der Waals surface area contributed by atoms with Crippen LogP contribution in [0.25, 0.3) is 10.2 Å². The molecule has 0 fully saturated rings. The molecule has 3 rings (SSSR count). The predicted octanol–water partition coefficient (Wildman–Crippen LogP) is 4.99. The largest absolute Gasteiger partial charge is 0.497 e. The summed E-state index contributed by atoms with van der Waals surface area (Å²) in [4.78, 5) is 21.3. The van der Waals surface area contributed by atoms with E-state index in [1.165, 1.54) is 22.3 Å². The Morgan fingerprint density at radius 3 is 2.47 bits per heavy atom. The number of hydrogen-bond donors (Lipinski definition) is 0. The van der Waals surface area contributed by atoms with Crippen molar-refractivity contribution in [1.29, 1.82) is 0 Å². The van der Waals surface area contributed by atoms with Crippen LogP contribution in [-0.4, -0.2) is 49.1 Å². The third-order valence-corrected chi connectivity index (χ3v) is 5.80. The van der Waals surface area contributed by atoms with Crippen LogP contribution in [0.3, 0.4) is 0 Å². The molecule has 0 spiro atoms. The van der Waals surface area contributed by atoms with Crippen LogP contribution in [0.15, 0.2) is 36.4 Å². The topological polar surface area (TPSA) is 45.7 Å². The van der Waals surface area contributed by atoms with E-state index in [4.69, 9.17) is 4.74 Å². The van der Waals surface area contributed by atoms with Gasteiger partial charge in [-0.15, -0.1) is 12.4 Å². The Bertz CT molecular complexity index is 1010. The van der Waals surface area contributed by atoms with Gasteiger partial charge in [0.05, 0.1) is 22.9 Å². The number of nitrogens with zero attached hydrogens (tertiary/aromatic N) is 3. The molecule has 0 saturated carbocycles. The first-order valence-corrected chi connectivity index (χ1v) is 10.2. The fourth-order valence-electron chi connectivity index (χ4n) is 3.01. The first-order valence-electron chi connectivity index (χ1n) is 9.40. The zero-order valence-electron chi connectivity index (χ0n) is 17.0. The number of aromatic nitrogens is 1.